The lowest BCUT2D eigenvalue weighted by Crippen LogP contribution is -2.37. The summed E-state index contributed by atoms with van der Waals surface area (Å²) < 4.78 is 13.4. The van der Waals surface area contributed by atoms with Gasteiger partial charge in [-0.2, -0.15) is 0 Å². The zero-order valence-electron chi connectivity index (χ0n) is 8.74. The first kappa shape index (κ1) is 9.76. The highest BCUT2D eigenvalue weighted by Crippen LogP contribution is 2.50. The van der Waals surface area contributed by atoms with Crippen LogP contribution in [-0.2, 0) is 0 Å². The molecule has 0 aliphatic heterocycles. The molecule has 0 N–H and O–H groups in total. The van der Waals surface area contributed by atoms with Crippen LogP contribution in [0.15, 0.2) is 11.9 Å². The van der Waals surface area contributed by atoms with Gasteiger partial charge in [0.2, 0.25) is 0 Å². The van der Waals surface area contributed by atoms with Gasteiger partial charge in [0.1, 0.15) is 5.83 Å². The van der Waals surface area contributed by atoms with Gasteiger partial charge >= 0.3 is 0 Å². The Bertz CT molecular complexity index is 211. The Balaban J connectivity index is 3.04. The van der Waals surface area contributed by atoms with Crippen molar-refractivity contribution in [3.63, 3.8) is 0 Å². The molecule has 0 radical (unpaired) electrons. The molecule has 0 saturated heterocycles. The molecular formula is C11H19F. The molecule has 1 aliphatic rings. The fourth-order valence-corrected chi connectivity index (χ4v) is 1.98. The highest BCUT2D eigenvalue weighted by atomic mass is 19.1. The zero-order chi connectivity index (χ0) is 9.57. The van der Waals surface area contributed by atoms with Crippen molar-refractivity contribution in [1.29, 1.82) is 0 Å². The molecule has 1 heteroatoms. The van der Waals surface area contributed by atoms with Crippen LogP contribution in [-0.4, -0.2) is 0 Å². The van der Waals surface area contributed by atoms with Crippen LogP contribution in [0.25, 0.3) is 0 Å². The van der Waals surface area contributed by atoms with E-state index in [-0.39, 0.29) is 16.7 Å². The Labute approximate surface area is 74.9 Å². The molecule has 12 heavy (non-hydrogen) atoms. The molecule has 0 heterocycles. The minimum Gasteiger partial charge on any atom is -0.212 e. The minimum atomic E-state index is -0.276. The second kappa shape index (κ2) is 2.58. The number of hydrogen-bond donors (Lipinski definition) is 0. The predicted octanol–water partition coefficient (Wildman–Crippen LogP) is 3.93. The molecule has 0 fully saturated rings. The molecule has 0 aromatic carbocycles. The van der Waals surface area contributed by atoms with E-state index in [0.717, 1.165) is 6.42 Å². The Morgan fingerprint density at radius 1 is 1.33 bits per heavy atom. The lowest BCUT2D eigenvalue weighted by molar-refractivity contribution is 0.0814. The summed E-state index contributed by atoms with van der Waals surface area (Å²) in [5, 5.41) is 0. The molecule has 0 saturated carbocycles. The molecule has 70 valence electrons. The van der Waals surface area contributed by atoms with Crippen molar-refractivity contribution < 1.29 is 4.39 Å². The summed E-state index contributed by atoms with van der Waals surface area (Å²) in [7, 11) is 0. The van der Waals surface area contributed by atoms with Crippen LogP contribution in [0.1, 0.15) is 41.0 Å². The van der Waals surface area contributed by atoms with Crippen molar-refractivity contribution >= 4 is 0 Å². The van der Waals surface area contributed by atoms with Crippen molar-refractivity contribution in [2.75, 3.05) is 0 Å². The van der Waals surface area contributed by atoms with Crippen LogP contribution in [0.4, 0.5) is 4.39 Å². The molecular weight excluding hydrogens is 151 g/mol. The van der Waals surface area contributed by atoms with Gasteiger partial charge in [-0.15, -0.1) is 0 Å². The Kier molecular flexibility index (Phi) is 2.10. The fourth-order valence-electron chi connectivity index (χ4n) is 1.98. The first-order valence-electron chi connectivity index (χ1n) is 4.64. The molecule has 1 atom stereocenters. The molecule has 1 aliphatic carbocycles. The summed E-state index contributed by atoms with van der Waals surface area (Å²) in [4.78, 5) is 0. The van der Waals surface area contributed by atoms with E-state index in [0.29, 0.717) is 5.92 Å². The van der Waals surface area contributed by atoms with Gasteiger partial charge in [-0.1, -0.05) is 40.7 Å². The average molecular weight is 170 g/mol. The summed E-state index contributed by atoms with van der Waals surface area (Å²) in [6, 6.07) is 0. The largest absolute Gasteiger partial charge is 0.212 e. The van der Waals surface area contributed by atoms with E-state index in [1.807, 2.05) is 13.8 Å². The zero-order valence-corrected chi connectivity index (χ0v) is 8.74. The average Bonchev–Trinajstić information content (AvgIpc) is 1.96. The summed E-state index contributed by atoms with van der Waals surface area (Å²) >= 11 is 0. The van der Waals surface area contributed by atoms with Crippen LogP contribution in [0.2, 0.25) is 0 Å². The topological polar surface area (TPSA) is 0 Å². The normalized spacial score (nSPS) is 32.8. The Morgan fingerprint density at radius 3 is 2.25 bits per heavy atom. The highest BCUT2D eigenvalue weighted by molar-refractivity contribution is 5.13. The van der Waals surface area contributed by atoms with E-state index in [4.69, 9.17) is 0 Å². The minimum absolute atomic E-state index is 0.0642. The van der Waals surface area contributed by atoms with E-state index in [1.54, 1.807) is 6.08 Å². The summed E-state index contributed by atoms with van der Waals surface area (Å²) in [5.74, 6) is 0.462. The first-order chi connectivity index (χ1) is 5.28. The monoisotopic (exact) mass is 170 g/mol. The molecule has 1 rings (SSSR count). The van der Waals surface area contributed by atoms with Gasteiger partial charge in [-0.25, -0.2) is 4.39 Å². The number of allylic oxidation sites excluding steroid dienone is 2. The Hall–Kier alpha value is -0.330. The van der Waals surface area contributed by atoms with E-state index in [2.05, 4.69) is 20.8 Å². The maximum Gasteiger partial charge on any atom is 0.102 e. The number of rotatable bonds is 0. The lowest BCUT2D eigenvalue weighted by atomic mass is 9.61. The van der Waals surface area contributed by atoms with Crippen LogP contribution in [0.5, 0.6) is 0 Å². The summed E-state index contributed by atoms with van der Waals surface area (Å²) in [6.45, 7) is 10.5. The van der Waals surface area contributed by atoms with Gasteiger partial charge < -0.3 is 0 Å². The maximum absolute atomic E-state index is 13.4. The van der Waals surface area contributed by atoms with E-state index < -0.39 is 0 Å². The smallest absolute Gasteiger partial charge is 0.102 e. The molecule has 0 aromatic rings. The molecule has 0 aromatic heterocycles. The van der Waals surface area contributed by atoms with Gasteiger partial charge in [0.15, 0.2) is 0 Å². The van der Waals surface area contributed by atoms with Crippen LogP contribution >= 0.6 is 0 Å². The maximum atomic E-state index is 13.4. The predicted molar refractivity (Wildman–Crippen MR) is 50.5 cm³/mol. The van der Waals surface area contributed by atoms with Crippen LogP contribution in [0.3, 0.4) is 0 Å². The highest BCUT2D eigenvalue weighted by Gasteiger charge is 2.42. The number of hydrogen-bond acceptors (Lipinski definition) is 0. The molecule has 0 spiro atoms. The van der Waals surface area contributed by atoms with Crippen LogP contribution < -0.4 is 0 Å². The third kappa shape index (κ3) is 1.30. The van der Waals surface area contributed by atoms with Gasteiger partial charge in [0, 0.05) is 5.41 Å². The third-order valence-corrected chi connectivity index (χ3v) is 3.68. The standard InChI is InChI=1S/C11H19F/c1-8-10(2,3)7-6-9(12)11(8,4)5/h6,8H,7H2,1-5H3. The van der Waals surface area contributed by atoms with Crippen molar-refractivity contribution in [3.8, 4) is 0 Å². The second-order valence-electron chi connectivity index (χ2n) is 5.19. The SMILES string of the molecule is CC1C(C)(C)CC=C(F)C1(C)C. The van der Waals surface area contributed by atoms with Crippen molar-refractivity contribution in [1.82, 2.24) is 0 Å². The quantitative estimate of drug-likeness (QED) is 0.516. The summed E-state index contributed by atoms with van der Waals surface area (Å²) in [6.07, 6.45) is 2.61. The second-order valence-corrected chi connectivity index (χ2v) is 5.19. The fraction of sp³-hybridized carbons (Fsp3) is 0.818. The number of halogens is 1. The van der Waals surface area contributed by atoms with Crippen LogP contribution in [0, 0.1) is 16.7 Å². The van der Waals surface area contributed by atoms with Crippen molar-refractivity contribution in [2.24, 2.45) is 16.7 Å². The summed E-state index contributed by atoms with van der Waals surface area (Å²) in [5.41, 5.74) is -0.0408. The Morgan fingerprint density at radius 2 is 1.83 bits per heavy atom. The van der Waals surface area contributed by atoms with E-state index in [9.17, 15) is 4.39 Å². The first-order valence-corrected chi connectivity index (χ1v) is 4.64. The van der Waals surface area contributed by atoms with Gasteiger partial charge in [-0.05, 0) is 17.8 Å². The molecule has 0 bridgehead atoms. The van der Waals surface area contributed by atoms with Crippen molar-refractivity contribution in [2.45, 2.75) is 41.0 Å². The van der Waals surface area contributed by atoms with Gasteiger partial charge in [0.05, 0.1) is 0 Å². The molecule has 1 unspecified atom stereocenters. The van der Waals surface area contributed by atoms with Crippen molar-refractivity contribution in [3.05, 3.63) is 11.9 Å². The third-order valence-electron chi connectivity index (χ3n) is 3.68. The molecule has 0 amide bonds. The molecule has 0 nitrogen and oxygen atoms in total. The van der Waals surface area contributed by atoms with Gasteiger partial charge in [-0.3, -0.25) is 0 Å². The van der Waals surface area contributed by atoms with Gasteiger partial charge in [0.25, 0.3) is 0 Å². The van der Waals surface area contributed by atoms with E-state index in [1.165, 1.54) is 0 Å². The lowest BCUT2D eigenvalue weighted by Gasteiger charge is -2.45. The van der Waals surface area contributed by atoms with E-state index >= 15 is 0 Å².